The Morgan fingerprint density at radius 3 is 2.06 bits per heavy atom. The number of aliphatic hydroxyl groups is 1. The molecule has 0 aromatic heterocycles. The number of carbonyl (C=O) groups is 1. The van der Waals surface area contributed by atoms with Gasteiger partial charge in [-0.3, -0.25) is 4.79 Å². The molecular formula is C15H28O3. The molecular weight excluding hydrogens is 228 g/mol. The molecule has 1 aliphatic carbocycles. The highest BCUT2D eigenvalue weighted by Crippen LogP contribution is 2.46. The Balaban J connectivity index is 2.80. The minimum atomic E-state index is -0.808. The average molecular weight is 256 g/mol. The van der Waals surface area contributed by atoms with Crippen LogP contribution in [0.1, 0.15) is 72.1 Å². The average Bonchev–Trinajstić information content (AvgIpc) is 2.39. The maximum atomic E-state index is 11.7. The third-order valence-electron chi connectivity index (χ3n) is 5.08. The summed E-state index contributed by atoms with van der Waals surface area (Å²) >= 11 is 0. The van der Waals surface area contributed by atoms with Crippen LogP contribution in [0.3, 0.4) is 0 Å². The predicted molar refractivity (Wildman–Crippen MR) is 72.5 cm³/mol. The van der Waals surface area contributed by atoms with Gasteiger partial charge in [-0.05, 0) is 50.9 Å². The lowest BCUT2D eigenvalue weighted by molar-refractivity contribution is -0.157. The Labute approximate surface area is 111 Å². The van der Waals surface area contributed by atoms with Crippen molar-refractivity contribution in [3.63, 3.8) is 0 Å². The summed E-state index contributed by atoms with van der Waals surface area (Å²) in [5, 5.41) is 20.0. The monoisotopic (exact) mass is 256 g/mol. The van der Waals surface area contributed by atoms with E-state index in [0.717, 1.165) is 32.1 Å². The number of rotatable bonds is 6. The van der Waals surface area contributed by atoms with Gasteiger partial charge in [0.1, 0.15) is 0 Å². The minimum absolute atomic E-state index is 0.415. The van der Waals surface area contributed by atoms with Gasteiger partial charge in [0.25, 0.3) is 0 Å². The lowest BCUT2D eigenvalue weighted by Crippen LogP contribution is -2.43. The van der Waals surface area contributed by atoms with E-state index in [9.17, 15) is 15.0 Å². The highest BCUT2D eigenvalue weighted by Gasteiger charge is 2.46. The zero-order valence-corrected chi connectivity index (χ0v) is 12.0. The van der Waals surface area contributed by atoms with Crippen molar-refractivity contribution in [3.8, 4) is 0 Å². The molecule has 1 saturated carbocycles. The van der Waals surface area contributed by atoms with Crippen molar-refractivity contribution in [1.29, 1.82) is 0 Å². The molecule has 1 aliphatic rings. The van der Waals surface area contributed by atoms with Crippen LogP contribution in [0.25, 0.3) is 0 Å². The van der Waals surface area contributed by atoms with Gasteiger partial charge in [0.2, 0.25) is 0 Å². The number of hydrogen-bond acceptors (Lipinski definition) is 2. The van der Waals surface area contributed by atoms with E-state index in [0.29, 0.717) is 25.2 Å². The van der Waals surface area contributed by atoms with E-state index in [1.54, 1.807) is 0 Å². The molecule has 0 amide bonds. The van der Waals surface area contributed by atoms with E-state index in [4.69, 9.17) is 0 Å². The Morgan fingerprint density at radius 2 is 1.72 bits per heavy atom. The van der Waals surface area contributed by atoms with Crippen LogP contribution in [0.4, 0.5) is 0 Å². The summed E-state index contributed by atoms with van der Waals surface area (Å²) in [7, 11) is 0. The summed E-state index contributed by atoms with van der Waals surface area (Å²) in [6.07, 6.45) is 6.26. The first kappa shape index (κ1) is 15.5. The number of carboxylic acid groups (broad SMARTS) is 1. The second-order valence-electron chi connectivity index (χ2n) is 6.05. The maximum Gasteiger partial charge on any atom is 0.309 e. The summed E-state index contributed by atoms with van der Waals surface area (Å²) in [6.45, 7) is 6.06. The molecule has 1 fully saturated rings. The third-order valence-corrected chi connectivity index (χ3v) is 5.08. The van der Waals surface area contributed by atoms with Crippen LogP contribution in [-0.4, -0.2) is 21.8 Å². The van der Waals surface area contributed by atoms with Crippen molar-refractivity contribution >= 4 is 5.97 Å². The van der Waals surface area contributed by atoms with E-state index in [1.165, 1.54) is 0 Å². The summed E-state index contributed by atoms with van der Waals surface area (Å²) in [6, 6.07) is 0. The quantitative estimate of drug-likeness (QED) is 0.763. The Bertz CT molecular complexity index is 273. The summed E-state index contributed by atoms with van der Waals surface area (Å²) < 4.78 is 0. The van der Waals surface area contributed by atoms with Gasteiger partial charge >= 0.3 is 5.97 Å². The van der Waals surface area contributed by atoms with Crippen LogP contribution in [0.5, 0.6) is 0 Å². The van der Waals surface area contributed by atoms with Crippen molar-refractivity contribution < 1.29 is 15.0 Å². The molecule has 0 radical (unpaired) electrons. The summed E-state index contributed by atoms with van der Waals surface area (Å²) in [5.41, 5.74) is -1.50. The lowest BCUT2D eigenvalue weighted by atomic mass is 9.64. The van der Waals surface area contributed by atoms with Crippen LogP contribution in [-0.2, 0) is 4.79 Å². The lowest BCUT2D eigenvalue weighted by Gasteiger charge is -2.41. The van der Waals surface area contributed by atoms with Crippen LogP contribution in [0.2, 0.25) is 0 Å². The molecule has 0 heterocycles. The second kappa shape index (κ2) is 6.05. The van der Waals surface area contributed by atoms with Crippen molar-refractivity contribution in [3.05, 3.63) is 0 Å². The number of hydrogen-bond donors (Lipinski definition) is 2. The van der Waals surface area contributed by atoms with E-state index in [1.807, 2.05) is 13.8 Å². The molecule has 0 aromatic carbocycles. The normalized spacial score (nSPS) is 29.2. The van der Waals surface area contributed by atoms with Gasteiger partial charge in [0, 0.05) is 0 Å². The van der Waals surface area contributed by atoms with Crippen LogP contribution < -0.4 is 0 Å². The number of carboxylic acids is 1. The summed E-state index contributed by atoms with van der Waals surface area (Å²) in [4.78, 5) is 11.7. The molecule has 2 N–H and O–H groups in total. The fraction of sp³-hybridized carbons (Fsp3) is 0.933. The Hall–Kier alpha value is -0.570. The highest BCUT2D eigenvalue weighted by molar-refractivity contribution is 5.74. The maximum absolute atomic E-state index is 11.7. The van der Waals surface area contributed by atoms with E-state index >= 15 is 0 Å². The fourth-order valence-corrected chi connectivity index (χ4v) is 3.23. The van der Waals surface area contributed by atoms with Gasteiger partial charge in [-0.2, -0.15) is 0 Å². The van der Waals surface area contributed by atoms with Gasteiger partial charge < -0.3 is 10.2 Å². The highest BCUT2D eigenvalue weighted by atomic mass is 16.4. The zero-order chi connectivity index (χ0) is 13.8. The molecule has 18 heavy (non-hydrogen) atoms. The molecule has 0 aliphatic heterocycles. The van der Waals surface area contributed by atoms with Gasteiger partial charge in [-0.25, -0.2) is 0 Å². The summed E-state index contributed by atoms with van der Waals surface area (Å²) in [5.74, 6) is -0.0359. The van der Waals surface area contributed by atoms with Crippen molar-refractivity contribution in [2.24, 2.45) is 11.3 Å². The van der Waals surface area contributed by atoms with Crippen LogP contribution in [0, 0.1) is 11.3 Å². The molecule has 106 valence electrons. The Morgan fingerprint density at radius 1 is 1.22 bits per heavy atom. The van der Waals surface area contributed by atoms with Gasteiger partial charge in [0.15, 0.2) is 0 Å². The van der Waals surface area contributed by atoms with E-state index < -0.39 is 17.0 Å². The SMILES string of the molecule is CCC1CCC(CC(O)(CC)CC)(C(=O)O)CC1. The molecule has 0 saturated heterocycles. The molecule has 1 rings (SSSR count). The Kier molecular flexibility index (Phi) is 5.20. The molecule has 0 atom stereocenters. The smallest absolute Gasteiger partial charge is 0.309 e. The molecule has 0 spiro atoms. The topological polar surface area (TPSA) is 57.5 Å². The minimum Gasteiger partial charge on any atom is -0.481 e. The van der Waals surface area contributed by atoms with Crippen molar-refractivity contribution in [2.45, 2.75) is 77.7 Å². The standard InChI is InChI=1S/C15H28O3/c1-4-12-7-9-14(10-8-12,13(16)17)11-15(18,5-2)6-3/h12,18H,4-11H2,1-3H3,(H,16,17). The van der Waals surface area contributed by atoms with Gasteiger partial charge in [-0.15, -0.1) is 0 Å². The largest absolute Gasteiger partial charge is 0.481 e. The third kappa shape index (κ3) is 3.25. The first-order valence-electron chi connectivity index (χ1n) is 7.37. The van der Waals surface area contributed by atoms with E-state index in [2.05, 4.69) is 6.92 Å². The second-order valence-corrected chi connectivity index (χ2v) is 6.05. The molecule has 3 nitrogen and oxygen atoms in total. The fourth-order valence-electron chi connectivity index (χ4n) is 3.23. The van der Waals surface area contributed by atoms with Gasteiger partial charge in [0.05, 0.1) is 11.0 Å². The predicted octanol–water partition coefficient (Wildman–Crippen LogP) is 3.60. The molecule has 0 aromatic rings. The number of aliphatic carboxylic acids is 1. The van der Waals surface area contributed by atoms with Crippen molar-refractivity contribution in [2.75, 3.05) is 0 Å². The van der Waals surface area contributed by atoms with Gasteiger partial charge in [-0.1, -0.05) is 27.2 Å². The zero-order valence-electron chi connectivity index (χ0n) is 12.0. The molecule has 3 heteroatoms. The molecule has 0 unspecified atom stereocenters. The van der Waals surface area contributed by atoms with Crippen LogP contribution in [0.15, 0.2) is 0 Å². The molecule has 0 bridgehead atoms. The van der Waals surface area contributed by atoms with E-state index in [-0.39, 0.29) is 0 Å². The first-order chi connectivity index (χ1) is 8.41. The first-order valence-corrected chi connectivity index (χ1v) is 7.37. The van der Waals surface area contributed by atoms with Crippen molar-refractivity contribution in [1.82, 2.24) is 0 Å². The van der Waals surface area contributed by atoms with Crippen LogP contribution >= 0.6 is 0 Å².